The summed E-state index contributed by atoms with van der Waals surface area (Å²) in [4.78, 5) is 4.89. The smallest absolute Gasteiger partial charge is 0.0618 e. The lowest BCUT2D eigenvalue weighted by molar-refractivity contribution is 0.496. The van der Waals surface area contributed by atoms with E-state index in [2.05, 4.69) is 85.0 Å². The number of rotatable bonds is 0. The summed E-state index contributed by atoms with van der Waals surface area (Å²) in [6.07, 6.45) is 1.91. The minimum Gasteiger partial charge on any atom is -0.258 e. The Morgan fingerprint density at radius 2 is 1.29 bits per heavy atom. The molecule has 2 bridgehead atoms. The third-order valence-corrected chi connectivity index (χ3v) is 7.48. The minimum atomic E-state index is -0.258. The normalized spacial score (nSPS) is 25.8. The zero-order valence-electron chi connectivity index (χ0n) is 13.4. The van der Waals surface area contributed by atoms with Gasteiger partial charge in [0, 0.05) is 17.2 Å². The number of halogens is 2. The molecule has 1 heterocycles. The van der Waals surface area contributed by atoms with E-state index in [0.717, 1.165) is 14.3 Å². The Balaban J connectivity index is 2.06. The van der Waals surface area contributed by atoms with Crippen molar-refractivity contribution in [2.45, 2.75) is 24.7 Å². The lowest BCUT2D eigenvalue weighted by Crippen LogP contribution is -2.49. The fourth-order valence-electron chi connectivity index (χ4n) is 4.83. The van der Waals surface area contributed by atoms with Gasteiger partial charge in [0.05, 0.1) is 19.7 Å². The average molecular weight is 444 g/mol. The van der Waals surface area contributed by atoms with Gasteiger partial charge in [-0.05, 0) is 58.7 Å². The highest BCUT2D eigenvalue weighted by molar-refractivity contribution is 14.1. The molecule has 0 aliphatic heterocycles. The van der Waals surface area contributed by atoms with Crippen LogP contribution in [0.15, 0.2) is 54.7 Å². The summed E-state index contributed by atoms with van der Waals surface area (Å²) in [6.45, 7) is 4.59. The molecule has 0 saturated carbocycles. The first-order valence-corrected chi connectivity index (χ1v) is 9.51. The molecule has 1 aromatic heterocycles. The van der Waals surface area contributed by atoms with Gasteiger partial charge in [-0.25, -0.2) is 0 Å². The number of pyridine rings is 1. The van der Waals surface area contributed by atoms with Crippen molar-refractivity contribution in [1.82, 2.24) is 4.98 Å². The molecule has 6 rings (SSSR count). The predicted molar refractivity (Wildman–Crippen MR) is 106 cm³/mol. The quantitative estimate of drug-likeness (QED) is 0.408. The Labute approximate surface area is 160 Å². The van der Waals surface area contributed by atoms with Crippen LogP contribution in [0.4, 0.5) is 0 Å². The first-order valence-electron chi connectivity index (χ1n) is 8.05. The second kappa shape index (κ2) is 4.61. The molecule has 0 saturated heterocycles. The highest BCUT2D eigenvalue weighted by Crippen LogP contribution is 2.62. The number of benzene rings is 2. The van der Waals surface area contributed by atoms with Gasteiger partial charge in [0.1, 0.15) is 0 Å². The van der Waals surface area contributed by atoms with Crippen molar-refractivity contribution in [2.24, 2.45) is 0 Å². The van der Waals surface area contributed by atoms with Crippen molar-refractivity contribution in [2.75, 3.05) is 0 Å². The molecule has 24 heavy (non-hydrogen) atoms. The zero-order chi connectivity index (χ0) is 16.7. The molecule has 1 nitrogen and oxygen atoms in total. The van der Waals surface area contributed by atoms with Gasteiger partial charge in [0.15, 0.2) is 0 Å². The molecule has 0 fully saturated rings. The molecule has 0 spiro atoms. The Morgan fingerprint density at radius 3 is 1.79 bits per heavy atom. The van der Waals surface area contributed by atoms with Gasteiger partial charge in [-0.3, -0.25) is 4.98 Å². The number of aromatic nitrogens is 1. The van der Waals surface area contributed by atoms with Crippen LogP contribution in [-0.4, -0.2) is 4.98 Å². The van der Waals surface area contributed by atoms with Gasteiger partial charge in [0.2, 0.25) is 0 Å². The van der Waals surface area contributed by atoms with Gasteiger partial charge in [-0.1, -0.05) is 60.1 Å². The van der Waals surface area contributed by atoms with Crippen molar-refractivity contribution in [3.05, 3.63) is 96.8 Å². The lowest BCUT2D eigenvalue weighted by Gasteiger charge is -2.53. The van der Waals surface area contributed by atoms with E-state index in [9.17, 15) is 0 Å². The minimum absolute atomic E-state index is 0.256. The Hall–Kier alpha value is -1.39. The molecule has 0 N–H and O–H groups in total. The van der Waals surface area contributed by atoms with E-state index in [1.165, 1.54) is 27.8 Å². The summed E-state index contributed by atoms with van der Waals surface area (Å²) in [5, 5.41) is 0.846. The maximum absolute atomic E-state index is 6.84. The Bertz CT molecular complexity index is 977. The molecule has 0 amide bonds. The average Bonchev–Trinajstić information content (AvgIpc) is 2.61. The van der Waals surface area contributed by atoms with Crippen LogP contribution < -0.4 is 0 Å². The van der Waals surface area contributed by atoms with Crippen LogP contribution in [0.1, 0.15) is 47.4 Å². The zero-order valence-corrected chi connectivity index (χ0v) is 16.3. The first-order chi connectivity index (χ1) is 11.5. The number of hydrogen-bond donors (Lipinski definition) is 0. The van der Waals surface area contributed by atoms with E-state index in [-0.39, 0.29) is 10.8 Å². The summed E-state index contributed by atoms with van der Waals surface area (Å²) < 4.78 is 1.01. The maximum Gasteiger partial charge on any atom is 0.0618 e. The predicted octanol–water partition coefficient (Wildman–Crippen LogP) is 5.68. The molecule has 3 heteroatoms. The van der Waals surface area contributed by atoms with E-state index in [1.807, 2.05) is 6.20 Å². The molecule has 0 atom stereocenters. The standard InChI is InChI=1S/C21H15ClIN/c1-20-12-7-3-5-9-14(12)21(2,15-10-6-4-8-13(15)20)19-17(20)18(22)16(23)11-24-19/h3-11H,1-2H3. The summed E-state index contributed by atoms with van der Waals surface area (Å²) >= 11 is 9.13. The third-order valence-electron chi connectivity index (χ3n) is 5.96. The van der Waals surface area contributed by atoms with E-state index in [4.69, 9.17) is 16.6 Å². The van der Waals surface area contributed by atoms with E-state index in [1.54, 1.807) is 0 Å². The van der Waals surface area contributed by atoms with Crippen molar-refractivity contribution >= 4 is 34.2 Å². The van der Waals surface area contributed by atoms with Crippen molar-refractivity contribution < 1.29 is 0 Å². The monoisotopic (exact) mass is 443 g/mol. The van der Waals surface area contributed by atoms with Crippen molar-refractivity contribution in [3.63, 3.8) is 0 Å². The summed E-state index contributed by atoms with van der Waals surface area (Å²) in [6, 6.07) is 17.5. The SMILES string of the molecule is CC12c3ccccc3C(C)(c3ccccc31)c1c2ncc(I)c1Cl. The van der Waals surface area contributed by atoms with Gasteiger partial charge < -0.3 is 0 Å². The summed E-state index contributed by atoms with van der Waals surface area (Å²) in [5.74, 6) is 0. The van der Waals surface area contributed by atoms with Crippen LogP contribution in [0.5, 0.6) is 0 Å². The van der Waals surface area contributed by atoms with Crippen LogP contribution in [0, 0.1) is 3.57 Å². The van der Waals surface area contributed by atoms with Crippen LogP contribution in [0.3, 0.4) is 0 Å². The molecule has 0 unspecified atom stereocenters. The third kappa shape index (κ3) is 1.46. The molecule has 3 aliphatic carbocycles. The van der Waals surface area contributed by atoms with Crippen molar-refractivity contribution in [1.29, 1.82) is 0 Å². The van der Waals surface area contributed by atoms with E-state index >= 15 is 0 Å². The van der Waals surface area contributed by atoms with E-state index in [0.29, 0.717) is 0 Å². The topological polar surface area (TPSA) is 12.9 Å². The van der Waals surface area contributed by atoms with Crippen LogP contribution >= 0.6 is 34.2 Å². The summed E-state index contributed by atoms with van der Waals surface area (Å²) in [7, 11) is 0. The first kappa shape index (κ1) is 14.9. The molecular formula is C21H15ClIN. The van der Waals surface area contributed by atoms with Crippen LogP contribution in [0.25, 0.3) is 0 Å². The summed E-state index contributed by atoms with van der Waals surface area (Å²) in [5.41, 5.74) is 7.17. The Kier molecular flexibility index (Phi) is 2.87. The molecule has 2 aromatic carbocycles. The highest BCUT2D eigenvalue weighted by atomic mass is 127. The molecule has 0 radical (unpaired) electrons. The van der Waals surface area contributed by atoms with Crippen LogP contribution in [-0.2, 0) is 10.8 Å². The second-order valence-electron chi connectivity index (χ2n) is 6.98. The van der Waals surface area contributed by atoms with Gasteiger partial charge >= 0.3 is 0 Å². The fourth-order valence-corrected chi connectivity index (χ4v) is 5.56. The fraction of sp³-hybridized carbons (Fsp3) is 0.190. The second-order valence-corrected chi connectivity index (χ2v) is 8.53. The van der Waals surface area contributed by atoms with E-state index < -0.39 is 0 Å². The van der Waals surface area contributed by atoms with Crippen LogP contribution in [0.2, 0.25) is 5.02 Å². The molecular weight excluding hydrogens is 429 g/mol. The van der Waals surface area contributed by atoms with Gasteiger partial charge in [0.25, 0.3) is 0 Å². The molecule has 118 valence electrons. The number of hydrogen-bond acceptors (Lipinski definition) is 1. The van der Waals surface area contributed by atoms with Gasteiger partial charge in [-0.2, -0.15) is 0 Å². The largest absolute Gasteiger partial charge is 0.258 e. The highest BCUT2D eigenvalue weighted by Gasteiger charge is 2.56. The molecule has 3 aromatic rings. The number of nitrogens with zero attached hydrogens (tertiary/aromatic N) is 1. The lowest BCUT2D eigenvalue weighted by atomic mass is 9.49. The van der Waals surface area contributed by atoms with Gasteiger partial charge in [-0.15, -0.1) is 0 Å². The molecule has 3 aliphatic rings. The van der Waals surface area contributed by atoms with Crippen molar-refractivity contribution in [3.8, 4) is 0 Å². The maximum atomic E-state index is 6.84. The Morgan fingerprint density at radius 1 is 0.833 bits per heavy atom.